The smallest absolute Gasteiger partial charge is 0.0372 e. The Hall–Kier alpha value is -1.22. The molecule has 2 atom stereocenters. The lowest BCUT2D eigenvalue weighted by Crippen LogP contribution is -2.48. The second-order valence-electron chi connectivity index (χ2n) is 6.96. The first-order chi connectivity index (χ1) is 10.3. The van der Waals surface area contributed by atoms with Gasteiger partial charge in [-0.05, 0) is 69.8 Å². The summed E-state index contributed by atoms with van der Waals surface area (Å²) < 4.78 is 0. The fourth-order valence-electron chi connectivity index (χ4n) is 4.65. The molecule has 21 heavy (non-hydrogen) atoms. The molecule has 0 amide bonds. The average Bonchev–Trinajstić information content (AvgIpc) is 3.14. The van der Waals surface area contributed by atoms with E-state index in [0.717, 1.165) is 18.1 Å². The van der Waals surface area contributed by atoms with E-state index in [4.69, 9.17) is 0 Å². The summed E-state index contributed by atoms with van der Waals surface area (Å²) in [4.78, 5) is 5.23. The van der Waals surface area contributed by atoms with Gasteiger partial charge in [0, 0.05) is 42.6 Å². The minimum atomic E-state index is 0.725. The number of nitrogens with one attached hydrogen (secondary N) is 1. The van der Waals surface area contributed by atoms with Gasteiger partial charge in [0.25, 0.3) is 0 Å². The summed E-state index contributed by atoms with van der Waals surface area (Å²) in [5, 5.41) is 3.49. The molecule has 0 saturated carbocycles. The molecule has 0 aromatic heterocycles. The number of benzene rings is 1. The Balaban J connectivity index is 1.51. The molecule has 0 aliphatic carbocycles. The molecule has 0 radical (unpaired) electrons. The summed E-state index contributed by atoms with van der Waals surface area (Å²) in [5.74, 6) is 0. The molecule has 0 spiro atoms. The SMILES string of the molecule is CNC1CC2CCC(C1)N2c1ccc(N2CCCC2)cc1. The lowest BCUT2D eigenvalue weighted by atomic mass is 9.96. The number of fused-ring (bicyclic) bond motifs is 2. The lowest BCUT2D eigenvalue weighted by molar-refractivity contribution is 0.374. The van der Waals surface area contributed by atoms with Gasteiger partial charge in [-0.2, -0.15) is 0 Å². The third kappa shape index (κ3) is 2.42. The Morgan fingerprint density at radius 2 is 1.48 bits per heavy atom. The summed E-state index contributed by atoms with van der Waals surface area (Å²) in [5.41, 5.74) is 2.86. The minimum absolute atomic E-state index is 0.725. The molecule has 2 unspecified atom stereocenters. The molecule has 3 nitrogen and oxygen atoms in total. The van der Waals surface area contributed by atoms with Gasteiger partial charge in [0.2, 0.25) is 0 Å². The summed E-state index contributed by atoms with van der Waals surface area (Å²) in [6.07, 6.45) is 8.06. The van der Waals surface area contributed by atoms with E-state index in [1.807, 2.05) is 0 Å². The largest absolute Gasteiger partial charge is 0.372 e. The van der Waals surface area contributed by atoms with Gasteiger partial charge in [-0.3, -0.25) is 0 Å². The van der Waals surface area contributed by atoms with Gasteiger partial charge in [0.05, 0.1) is 0 Å². The van der Waals surface area contributed by atoms with Gasteiger partial charge in [0.15, 0.2) is 0 Å². The normalized spacial score (nSPS) is 32.0. The van der Waals surface area contributed by atoms with E-state index < -0.39 is 0 Å². The molecule has 1 N–H and O–H groups in total. The first-order valence-electron chi connectivity index (χ1n) is 8.66. The maximum absolute atomic E-state index is 3.49. The van der Waals surface area contributed by atoms with Crippen molar-refractivity contribution in [1.82, 2.24) is 5.32 Å². The van der Waals surface area contributed by atoms with Crippen LogP contribution in [0.3, 0.4) is 0 Å². The van der Waals surface area contributed by atoms with Crippen molar-refractivity contribution in [2.45, 2.75) is 56.7 Å². The van der Waals surface area contributed by atoms with Gasteiger partial charge >= 0.3 is 0 Å². The maximum Gasteiger partial charge on any atom is 0.0372 e. The monoisotopic (exact) mass is 285 g/mol. The van der Waals surface area contributed by atoms with Gasteiger partial charge in [-0.25, -0.2) is 0 Å². The summed E-state index contributed by atoms with van der Waals surface area (Å²) in [6, 6.07) is 11.6. The number of anilines is 2. The second kappa shape index (κ2) is 5.53. The Bertz CT molecular complexity index is 464. The molecular weight excluding hydrogens is 258 g/mol. The molecule has 4 rings (SSSR count). The van der Waals surface area contributed by atoms with Gasteiger partial charge < -0.3 is 15.1 Å². The minimum Gasteiger partial charge on any atom is -0.372 e. The van der Waals surface area contributed by atoms with E-state index in [9.17, 15) is 0 Å². The number of hydrogen-bond donors (Lipinski definition) is 1. The van der Waals surface area contributed by atoms with Crippen LogP contribution in [-0.4, -0.2) is 38.3 Å². The molecule has 1 aromatic carbocycles. The van der Waals surface area contributed by atoms with E-state index in [-0.39, 0.29) is 0 Å². The zero-order chi connectivity index (χ0) is 14.2. The van der Waals surface area contributed by atoms with Crippen molar-refractivity contribution in [1.29, 1.82) is 0 Å². The predicted octanol–water partition coefficient (Wildman–Crippen LogP) is 3.01. The molecule has 3 saturated heterocycles. The Morgan fingerprint density at radius 3 is 2.05 bits per heavy atom. The van der Waals surface area contributed by atoms with Crippen LogP contribution in [0.2, 0.25) is 0 Å². The van der Waals surface area contributed by atoms with Crippen LogP contribution in [0, 0.1) is 0 Å². The van der Waals surface area contributed by atoms with E-state index in [2.05, 4.69) is 46.4 Å². The molecule has 114 valence electrons. The molecule has 3 aliphatic rings. The Labute approximate surface area is 128 Å². The Kier molecular flexibility index (Phi) is 3.54. The van der Waals surface area contributed by atoms with Crippen LogP contribution < -0.4 is 15.1 Å². The third-order valence-corrected chi connectivity index (χ3v) is 5.76. The first-order valence-corrected chi connectivity index (χ1v) is 8.66. The highest BCUT2D eigenvalue weighted by Crippen LogP contribution is 2.39. The van der Waals surface area contributed by atoms with Crippen molar-refractivity contribution in [3.05, 3.63) is 24.3 Å². The van der Waals surface area contributed by atoms with Gasteiger partial charge in [-0.1, -0.05) is 0 Å². The van der Waals surface area contributed by atoms with Crippen LogP contribution in [0.25, 0.3) is 0 Å². The van der Waals surface area contributed by atoms with Crippen LogP contribution in [-0.2, 0) is 0 Å². The van der Waals surface area contributed by atoms with Crippen LogP contribution in [0.15, 0.2) is 24.3 Å². The molecular formula is C18H27N3. The van der Waals surface area contributed by atoms with Gasteiger partial charge in [0.1, 0.15) is 0 Å². The van der Waals surface area contributed by atoms with Crippen LogP contribution in [0.1, 0.15) is 38.5 Å². The lowest BCUT2D eigenvalue weighted by Gasteiger charge is -2.40. The van der Waals surface area contributed by atoms with Crippen molar-refractivity contribution in [2.24, 2.45) is 0 Å². The number of nitrogens with zero attached hydrogens (tertiary/aromatic N) is 2. The third-order valence-electron chi connectivity index (χ3n) is 5.76. The number of rotatable bonds is 3. The summed E-state index contributed by atoms with van der Waals surface area (Å²) >= 11 is 0. The molecule has 3 fully saturated rings. The number of hydrogen-bond acceptors (Lipinski definition) is 3. The zero-order valence-corrected chi connectivity index (χ0v) is 13.1. The summed E-state index contributed by atoms with van der Waals surface area (Å²) in [6.45, 7) is 2.47. The molecule has 3 heteroatoms. The van der Waals surface area contributed by atoms with Crippen molar-refractivity contribution >= 4 is 11.4 Å². The van der Waals surface area contributed by atoms with E-state index in [1.54, 1.807) is 0 Å². The molecule has 3 aliphatic heterocycles. The van der Waals surface area contributed by atoms with E-state index in [1.165, 1.54) is 63.0 Å². The van der Waals surface area contributed by atoms with E-state index >= 15 is 0 Å². The highest BCUT2D eigenvalue weighted by atomic mass is 15.2. The predicted molar refractivity (Wildman–Crippen MR) is 89.3 cm³/mol. The molecule has 1 aromatic rings. The Morgan fingerprint density at radius 1 is 0.905 bits per heavy atom. The highest BCUT2D eigenvalue weighted by Gasteiger charge is 2.40. The van der Waals surface area contributed by atoms with Crippen molar-refractivity contribution < 1.29 is 0 Å². The molecule has 3 heterocycles. The standard InChI is InChI=1S/C18H27N3/c1-19-14-12-17-8-9-18(13-14)21(17)16-6-4-15(5-7-16)20-10-2-3-11-20/h4-7,14,17-19H,2-3,8-13H2,1H3. The van der Waals surface area contributed by atoms with Crippen LogP contribution in [0.4, 0.5) is 11.4 Å². The van der Waals surface area contributed by atoms with Crippen LogP contribution >= 0.6 is 0 Å². The first kappa shape index (κ1) is 13.4. The summed E-state index contributed by atoms with van der Waals surface area (Å²) in [7, 11) is 2.12. The number of piperidine rings is 1. The fourth-order valence-corrected chi connectivity index (χ4v) is 4.65. The second-order valence-corrected chi connectivity index (χ2v) is 6.96. The zero-order valence-electron chi connectivity index (χ0n) is 13.1. The van der Waals surface area contributed by atoms with Crippen molar-refractivity contribution in [3.63, 3.8) is 0 Å². The quantitative estimate of drug-likeness (QED) is 0.921. The van der Waals surface area contributed by atoms with Crippen molar-refractivity contribution in [2.75, 3.05) is 29.9 Å². The average molecular weight is 285 g/mol. The topological polar surface area (TPSA) is 18.5 Å². The van der Waals surface area contributed by atoms with E-state index in [0.29, 0.717) is 0 Å². The van der Waals surface area contributed by atoms with Crippen LogP contribution in [0.5, 0.6) is 0 Å². The van der Waals surface area contributed by atoms with Crippen molar-refractivity contribution in [3.8, 4) is 0 Å². The highest BCUT2D eigenvalue weighted by molar-refractivity contribution is 5.58. The molecule has 2 bridgehead atoms. The van der Waals surface area contributed by atoms with Gasteiger partial charge in [-0.15, -0.1) is 0 Å². The maximum atomic E-state index is 3.49. The fraction of sp³-hybridized carbons (Fsp3) is 0.667.